The van der Waals surface area contributed by atoms with Crippen molar-refractivity contribution in [3.63, 3.8) is 0 Å². The third kappa shape index (κ3) is 4.58. The van der Waals surface area contributed by atoms with Gasteiger partial charge in [-0.3, -0.25) is 9.78 Å². The van der Waals surface area contributed by atoms with E-state index in [2.05, 4.69) is 15.0 Å². The number of nitrogens with one attached hydrogen (secondary N) is 1. The largest absolute Gasteiger partial charge is 0.493 e. The predicted molar refractivity (Wildman–Crippen MR) is 97.5 cm³/mol. The van der Waals surface area contributed by atoms with Crippen LogP contribution in [0.25, 0.3) is 10.9 Å². The van der Waals surface area contributed by atoms with Crippen molar-refractivity contribution in [3.8, 4) is 11.5 Å². The lowest BCUT2D eigenvalue weighted by molar-refractivity contribution is -0.136. The highest BCUT2D eigenvalue weighted by atomic mass is 19.4. The molecule has 0 saturated heterocycles. The highest BCUT2D eigenvalue weighted by Crippen LogP contribution is 2.36. The number of halogens is 5. The summed E-state index contributed by atoms with van der Waals surface area (Å²) in [6, 6.07) is 9.61. The Bertz CT molecular complexity index is 1070. The molecule has 0 unspecified atom stereocenters. The molecule has 1 aromatic heterocycles. The SMILES string of the molecule is COc1ccc(CNC(=O)c2cnc3ccccc3c2C(F)(F)F)cc1OC(F)F. The third-order valence-electron chi connectivity index (χ3n) is 4.20. The summed E-state index contributed by atoms with van der Waals surface area (Å²) >= 11 is 0. The minimum Gasteiger partial charge on any atom is -0.493 e. The van der Waals surface area contributed by atoms with Gasteiger partial charge in [0.2, 0.25) is 0 Å². The average molecular weight is 426 g/mol. The first-order chi connectivity index (χ1) is 14.2. The zero-order valence-electron chi connectivity index (χ0n) is 15.5. The fraction of sp³-hybridized carbons (Fsp3) is 0.200. The second-order valence-corrected chi connectivity index (χ2v) is 6.11. The van der Waals surface area contributed by atoms with E-state index in [4.69, 9.17) is 4.74 Å². The summed E-state index contributed by atoms with van der Waals surface area (Å²) in [6.45, 7) is -3.33. The minimum atomic E-state index is -4.78. The van der Waals surface area contributed by atoms with Gasteiger partial charge in [-0.05, 0) is 23.8 Å². The molecule has 0 fully saturated rings. The quantitative estimate of drug-likeness (QED) is 0.576. The summed E-state index contributed by atoms with van der Waals surface area (Å²) in [7, 11) is 1.26. The van der Waals surface area contributed by atoms with E-state index < -0.39 is 29.8 Å². The van der Waals surface area contributed by atoms with E-state index in [0.717, 1.165) is 6.20 Å². The Morgan fingerprint density at radius 2 is 1.87 bits per heavy atom. The molecule has 2 aromatic carbocycles. The Balaban J connectivity index is 1.88. The molecule has 1 N–H and O–H groups in total. The summed E-state index contributed by atoms with van der Waals surface area (Å²) in [5.41, 5.74) is -1.31. The highest BCUT2D eigenvalue weighted by Gasteiger charge is 2.37. The number of aromatic nitrogens is 1. The normalized spacial score (nSPS) is 11.6. The maximum Gasteiger partial charge on any atom is 0.417 e. The fourth-order valence-electron chi connectivity index (χ4n) is 2.92. The molecule has 0 saturated carbocycles. The number of carbonyl (C=O) groups is 1. The van der Waals surface area contributed by atoms with Crippen LogP contribution in [0.4, 0.5) is 22.0 Å². The number of rotatable bonds is 6. The number of hydrogen-bond acceptors (Lipinski definition) is 4. The maximum absolute atomic E-state index is 13.7. The summed E-state index contributed by atoms with van der Waals surface area (Å²) in [6.07, 6.45) is -3.92. The Morgan fingerprint density at radius 1 is 1.13 bits per heavy atom. The van der Waals surface area contributed by atoms with Gasteiger partial charge < -0.3 is 14.8 Å². The lowest BCUT2D eigenvalue weighted by Gasteiger charge is -2.16. The van der Waals surface area contributed by atoms with Gasteiger partial charge in [-0.2, -0.15) is 22.0 Å². The molecular weight excluding hydrogens is 411 g/mol. The second kappa shape index (κ2) is 8.52. The van der Waals surface area contributed by atoms with E-state index in [0.29, 0.717) is 5.56 Å². The standard InChI is InChI=1S/C20H15F5N2O3/c1-29-15-7-6-11(8-16(15)30-19(21)22)9-27-18(28)13-10-26-14-5-3-2-4-12(14)17(13)20(23,24)25/h2-8,10,19H,9H2,1H3,(H,27,28). The number of carbonyl (C=O) groups excluding carboxylic acids is 1. The Labute approximate surface area is 167 Å². The Hall–Kier alpha value is -3.43. The molecule has 3 aromatic rings. The first-order valence-corrected chi connectivity index (χ1v) is 8.55. The highest BCUT2D eigenvalue weighted by molar-refractivity contribution is 6.00. The van der Waals surface area contributed by atoms with Crippen LogP contribution in [0.15, 0.2) is 48.7 Å². The zero-order chi connectivity index (χ0) is 21.9. The van der Waals surface area contributed by atoms with Crippen molar-refractivity contribution in [2.75, 3.05) is 7.11 Å². The molecule has 3 rings (SSSR count). The monoisotopic (exact) mass is 426 g/mol. The van der Waals surface area contributed by atoms with Crippen molar-refractivity contribution in [1.29, 1.82) is 0 Å². The van der Waals surface area contributed by atoms with E-state index >= 15 is 0 Å². The molecule has 0 spiro atoms. The third-order valence-corrected chi connectivity index (χ3v) is 4.20. The smallest absolute Gasteiger partial charge is 0.417 e. The van der Waals surface area contributed by atoms with Crippen molar-refractivity contribution in [1.82, 2.24) is 10.3 Å². The number of alkyl halides is 5. The number of pyridine rings is 1. The van der Waals surface area contributed by atoms with Gasteiger partial charge in [-0.15, -0.1) is 0 Å². The van der Waals surface area contributed by atoms with Crippen LogP contribution < -0.4 is 14.8 Å². The summed E-state index contributed by atoms with van der Waals surface area (Å²) in [5, 5.41) is 2.15. The zero-order valence-corrected chi connectivity index (χ0v) is 15.5. The van der Waals surface area contributed by atoms with Crippen molar-refractivity contribution in [3.05, 3.63) is 65.4 Å². The second-order valence-electron chi connectivity index (χ2n) is 6.11. The number of amides is 1. The van der Waals surface area contributed by atoms with Gasteiger partial charge in [0.15, 0.2) is 11.5 Å². The number of ether oxygens (including phenoxy) is 2. The molecule has 0 bridgehead atoms. The molecule has 0 atom stereocenters. The average Bonchev–Trinajstić information content (AvgIpc) is 2.70. The van der Waals surface area contributed by atoms with Gasteiger partial charge in [0.05, 0.1) is 23.8 Å². The van der Waals surface area contributed by atoms with E-state index in [1.807, 2.05) is 0 Å². The van der Waals surface area contributed by atoms with E-state index in [9.17, 15) is 26.7 Å². The van der Waals surface area contributed by atoms with Gasteiger partial charge in [0.25, 0.3) is 5.91 Å². The van der Waals surface area contributed by atoms with Crippen molar-refractivity contribution < 1.29 is 36.2 Å². The number of para-hydroxylation sites is 1. The van der Waals surface area contributed by atoms with Crippen LogP contribution in [0.2, 0.25) is 0 Å². The number of fused-ring (bicyclic) bond motifs is 1. The first-order valence-electron chi connectivity index (χ1n) is 8.55. The molecule has 1 amide bonds. The molecule has 0 radical (unpaired) electrons. The molecule has 10 heteroatoms. The lowest BCUT2D eigenvalue weighted by Crippen LogP contribution is -2.26. The number of nitrogens with zero attached hydrogens (tertiary/aromatic N) is 1. The van der Waals surface area contributed by atoms with Crippen LogP contribution in [0.1, 0.15) is 21.5 Å². The van der Waals surface area contributed by atoms with Crippen LogP contribution >= 0.6 is 0 Å². The van der Waals surface area contributed by atoms with Crippen molar-refractivity contribution in [2.24, 2.45) is 0 Å². The Kier molecular flexibility index (Phi) is 6.04. The Morgan fingerprint density at radius 3 is 2.53 bits per heavy atom. The summed E-state index contributed by atoms with van der Waals surface area (Å²) in [4.78, 5) is 16.4. The molecule has 0 aliphatic rings. The molecule has 158 valence electrons. The summed E-state index contributed by atoms with van der Waals surface area (Å²) in [5.74, 6) is -1.22. The van der Waals surface area contributed by atoms with Gasteiger partial charge in [0, 0.05) is 18.1 Å². The topological polar surface area (TPSA) is 60.5 Å². The molecule has 1 heterocycles. The van der Waals surface area contributed by atoms with Gasteiger partial charge in [-0.1, -0.05) is 24.3 Å². The van der Waals surface area contributed by atoms with Crippen LogP contribution in [0, 0.1) is 0 Å². The van der Waals surface area contributed by atoms with Gasteiger partial charge in [0.1, 0.15) is 0 Å². The number of benzene rings is 2. The summed E-state index contributed by atoms with van der Waals surface area (Å²) < 4.78 is 75.3. The number of methoxy groups -OCH3 is 1. The van der Waals surface area contributed by atoms with E-state index in [1.54, 1.807) is 0 Å². The van der Waals surface area contributed by atoms with E-state index in [1.165, 1.54) is 49.6 Å². The maximum atomic E-state index is 13.7. The lowest BCUT2D eigenvalue weighted by atomic mass is 10.0. The van der Waals surface area contributed by atoms with Crippen molar-refractivity contribution in [2.45, 2.75) is 19.3 Å². The fourth-order valence-corrected chi connectivity index (χ4v) is 2.92. The molecule has 5 nitrogen and oxygen atoms in total. The van der Waals surface area contributed by atoms with Crippen molar-refractivity contribution >= 4 is 16.8 Å². The molecular formula is C20H15F5N2O3. The predicted octanol–water partition coefficient (Wildman–Crippen LogP) is 4.79. The molecule has 30 heavy (non-hydrogen) atoms. The number of hydrogen-bond donors (Lipinski definition) is 1. The minimum absolute atomic E-state index is 0.0449. The molecule has 0 aliphatic carbocycles. The van der Waals surface area contributed by atoms with Gasteiger partial charge in [-0.25, -0.2) is 0 Å². The first kappa shape index (κ1) is 21.3. The van der Waals surface area contributed by atoms with E-state index in [-0.39, 0.29) is 28.9 Å². The van der Waals surface area contributed by atoms with Crippen LogP contribution in [-0.4, -0.2) is 24.6 Å². The molecule has 0 aliphatic heterocycles. The van der Waals surface area contributed by atoms with Crippen LogP contribution in [0.5, 0.6) is 11.5 Å². The van der Waals surface area contributed by atoms with Gasteiger partial charge >= 0.3 is 12.8 Å². The van der Waals surface area contributed by atoms with Crippen LogP contribution in [-0.2, 0) is 12.7 Å². The van der Waals surface area contributed by atoms with Crippen LogP contribution in [0.3, 0.4) is 0 Å².